The van der Waals surface area contributed by atoms with Crippen LogP contribution in [0.4, 0.5) is 5.69 Å². The second-order valence-corrected chi connectivity index (χ2v) is 4.24. The predicted octanol–water partition coefficient (Wildman–Crippen LogP) is 2.73. The first kappa shape index (κ1) is 10.1. The molecule has 0 amide bonds. The summed E-state index contributed by atoms with van der Waals surface area (Å²) < 4.78 is 5.90. The summed E-state index contributed by atoms with van der Waals surface area (Å²) in [5.74, 6) is 0.536. The monoisotopic (exact) mass is 226 g/mol. The van der Waals surface area contributed by atoms with Gasteiger partial charge in [0.15, 0.2) is 0 Å². The van der Waals surface area contributed by atoms with Gasteiger partial charge in [0.1, 0.15) is 6.10 Å². The average Bonchev–Trinajstić information content (AvgIpc) is 2.76. The number of nitrogens with two attached hydrogens (primary N) is 1. The number of rotatable bonds is 2. The molecule has 17 heavy (non-hydrogen) atoms. The third-order valence-electron chi connectivity index (χ3n) is 3.13. The van der Waals surface area contributed by atoms with Gasteiger partial charge in [0, 0.05) is 6.20 Å². The Bertz CT molecular complexity index is 539. The minimum absolute atomic E-state index is 0.0865. The van der Waals surface area contributed by atoms with Crippen molar-refractivity contribution in [2.45, 2.75) is 18.9 Å². The highest BCUT2D eigenvalue weighted by Gasteiger charge is 2.24. The Morgan fingerprint density at radius 2 is 2.06 bits per heavy atom. The lowest BCUT2D eigenvalue weighted by molar-refractivity contribution is 0.200. The Morgan fingerprint density at radius 1 is 1.18 bits per heavy atom. The molecule has 0 fully saturated rings. The number of hydrogen-bond donors (Lipinski definition) is 1. The van der Waals surface area contributed by atoms with Gasteiger partial charge in [-0.3, -0.25) is 0 Å². The van der Waals surface area contributed by atoms with Crippen LogP contribution in [0.3, 0.4) is 0 Å². The van der Waals surface area contributed by atoms with Gasteiger partial charge < -0.3 is 10.5 Å². The number of ether oxygens (including phenoxy) is 1. The van der Waals surface area contributed by atoms with Crippen molar-refractivity contribution in [1.29, 1.82) is 0 Å². The van der Waals surface area contributed by atoms with E-state index in [2.05, 4.69) is 23.2 Å². The highest BCUT2D eigenvalue weighted by Crippen LogP contribution is 2.35. The topological polar surface area (TPSA) is 48.1 Å². The molecule has 0 radical (unpaired) electrons. The molecule has 1 aliphatic carbocycles. The quantitative estimate of drug-likeness (QED) is 0.856. The number of benzene rings is 1. The van der Waals surface area contributed by atoms with E-state index in [0.29, 0.717) is 11.6 Å². The lowest BCUT2D eigenvalue weighted by Crippen LogP contribution is -2.06. The molecule has 1 aromatic carbocycles. The third kappa shape index (κ3) is 1.84. The molecular weight excluding hydrogens is 212 g/mol. The van der Waals surface area contributed by atoms with Gasteiger partial charge in [-0.25, -0.2) is 4.98 Å². The molecule has 1 atom stereocenters. The van der Waals surface area contributed by atoms with E-state index in [1.807, 2.05) is 18.2 Å². The van der Waals surface area contributed by atoms with Gasteiger partial charge >= 0.3 is 0 Å². The molecule has 3 nitrogen and oxygen atoms in total. The van der Waals surface area contributed by atoms with Gasteiger partial charge in [-0.05, 0) is 36.1 Å². The number of pyridine rings is 1. The maximum absolute atomic E-state index is 5.90. The van der Waals surface area contributed by atoms with Gasteiger partial charge in [0.05, 0.1) is 5.69 Å². The minimum Gasteiger partial charge on any atom is -0.468 e. The molecule has 3 heteroatoms. The lowest BCUT2D eigenvalue weighted by atomic mass is 10.1. The second-order valence-electron chi connectivity index (χ2n) is 4.24. The van der Waals surface area contributed by atoms with Gasteiger partial charge in [-0.1, -0.05) is 24.3 Å². The van der Waals surface area contributed by atoms with Crippen molar-refractivity contribution in [3.8, 4) is 5.88 Å². The SMILES string of the molecule is Nc1cccnc1OC1CCc2ccccc21. The van der Waals surface area contributed by atoms with Crippen molar-refractivity contribution in [3.05, 3.63) is 53.7 Å². The smallest absolute Gasteiger partial charge is 0.237 e. The standard InChI is InChI=1S/C14H14N2O/c15-12-6-3-9-16-14(12)17-13-8-7-10-4-1-2-5-11(10)13/h1-6,9,13H,7-8,15H2. The highest BCUT2D eigenvalue weighted by atomic mass is 16.5. The van der Waals surface area contributed by atoms with Gasteiger partial charge in [-0.15, -0.1) is 0 Å². The van der Waals surface area contributed by atoms with E-state index in [9.17, 15) is 0 Å². The number of nitrogens with zero attached hydrogens (tertiary/aromatic N) is 1. The maximum atomic E-state index is 5.90. The van der Waals surface area contributed by atoms with Gasteiger partial charge in [-0.2, -0.15) is 0 Å². The predicted molar refractivity (Wildman–Crippen MR) is 66.8 cm³/mol. The Labute approximate surface area is 100 Å². The van der Waals surface area contributed by atoms with Crippen LogP contribution in [0.25, 0.3) is 0 Å². The van der Waals surface area contributed by atoms with Crippen molar-refractivity contribution in [2.24, 2.45) is 0 Å². The zero-order valence-electron chi connectivity index (χ0n) is 9.47. The molecule has 1 aromatic heterocycles. The average molecular weight is 226 g/mol. The van der Waals surface area contributed by atoms with E-state index >= 15 is 0 Å². The van der Waals surface area contributed by atoms with Crippen LogP contribution >= 0.6 is 0 Å². The summed E-state index contributed by atoms with van der Waals surface area (Å²) in [6.07, 6.45) is 3.85. The van der Waals surface area contributed by atoms with Crippen molar-refractivity contribution in [1.82, 2.24) is 4.98 Å². The zero-order valence-corrected chi connectivity index (χ0v) is 9.47. The summed E-state index contributed by atoms with van der Waals surface area (Å²) in [5, 5.41) is 0. The van der Waals surface area contributed by atoms with Crippen LogP contribution in [0.1, 0.15) is 23.7 Å². The number of fused-ring (bicyclic) bond motifs is 1. The summed E-state index contributed by atoms with van der Waals surface area (Å²) in [7, 11) is 0. The third-order valence-corrected chi connectivity index (χ3v) is 3.13. The Morgan fingerprint density at radius 3 is 2.94 bits per heavy atom. The van der Waals surface area contributed by atoms with E-state index in [-0.39, 0.29) is 6.10 Å². The summed E-state index contributed by atoms with van der Waals surface area (Å²) >= 11 is 0. The highest BCUT2D eigenvalue weighted by molar-refractivity contribution is 5.47. The Balaban J connectivity index is 1.87. The van der Waals surface area contributed by atoms with Gasteiger partial charge in [0.2, 0.25) is 5.88 Å². The molecule has 1 aliphatic rings. The molecule has 2 aromatic rings. The minimum atomic E-state index is 0.0865. The van der Waals surface area contributed by atoms with E-state index in [4.69, 9.17) is 10.5 Å². The number of aromatic nitrogens is 1. The van der Waals surface area contributed by atoms with Crippen molar-refractivity contribution < 1.29 is 4.74 Å². The van der Waals surface area contributed by atoms with Crippen LogP contribution in [0, 0.1) is 0 Å². The summed E-state index contributed by atoms with van der Waals surface area (Å²) in [4.78, 5) is 4.17. The van der Waals surface area contributed by atoms with Crippen LogP contribution in [0.15, 0.2) is 42.6 Å². The number of anilines is 1. The first-order chi connectivity index (χ1) is 8.34. The molecule has 1 unspecified atom stereocenters. The van der Waals surface area contributed by atoms with Crippen molar-refractivity contribution in [2.75, 3.05) is 5.73 Å². The van der Waals surface area contributed by atoms with E-state index in [1.54, 1.807) is 6.20 Å². The van der Waals surface area contributed by atoms with Crippen molar-refractivity contribution >= 4 is 5.69 Å². The largest absolute Gasteiger partial charge is 0.468 e. The maximum Gasteiger partial charge on any atom is 0.237 e. The molecule has 0 aliphatic heterocycles. The van der Waals surface area contributed by atoms with Crippen LogP contribution in [-0.4, -0.2) is 4.98 Å². The number of nitrogen functional groups attached to an aromatic ring is 1. The molecule has 0 saturated heterocycles. The first-order valence-corrected chi connectivity index (χ1v) is 5.79. The molecule has 0 saturated carbocycles. The van der Waals surface area contributed by atoms with E-state index in [0.717, 1.165) is 12.8 Å². The number of hydrogen-bond acceptors (Lipinski definition) is 3. The summed E-state index contributed by atoms with van der Waals surface area (Å²) in [5.41, 5.74) is 9.05. The lowest BCUT2D eigenvalue weighted by Gasteiger charge is -2.15. The molecule has 0 bridgehead atoms. The molecular formula is C14H14N2O. The van der Waals surface area contributed by atoms with Crippen LogP contribution < -0.4 is 10.5 Å². The normalized spacial score (nSPS) is 17.8. The fraction of sp³-hybridized carbons (Fsp3) is 0.214. The molecule has 2 N–H and O–H groups in total. The van der Waals surface area contributed by atoms with Crippen LogP contribution in [-0.2, 0) is 6.42 Å². The first-order valence-electron chi connectivity index (χ1n) is 5.79. The molecule has 0 spiro atoms. The summed E-state index contributed by atoms with van der Waals surface area (Å²) in [6.45, 7) is 0. The van der Waals surface area contributed by atoms with Crippen molar-refractivity contribution in [3.63, 3.8) is 0 Å². The van der Waals surface area contributed by atoms with Gasteiger partial charge in [0.25, 0.3) is 0 Å². The molecule has 1 heterocycles. The second kappa shape index (κ2) is 4.09. The van der Waals surface area contributed by atoms with Crippen LogP contribution in [0.5, 0.6) is 5.88 Å². The Hall–Kier alpha value is -2.03. The Kier molecular flexibility index (Phi) is 2.44. The van der Waals surface area contributed by atoms with E-state index in [1.165, 1.54) is 11.1 Å². The number of aryl methyl sites for hydroxylation is 1. The zero-order chi connectivity index (χ0) is 11.7. The summed E-state index contributed by atoms with van der Waals surface area (Å²) in [6, 6.07) is 12.0. The van der Waals surface area contributed by atoms with Crippen LogP contribution in [0.2, 0.25) is 0 Å². The van der Waals surface area contributed by atoms with E-state index < -0.39 is 0 Å². The molecule has 86 valence electrons. The molecule has 3 rings (SSSR count). The fourth-order valence-electron chi connectivity index (χ4n) is 2.28. The fourth-order valence-corrected chi connectivity index (χ4v) is 2.28.